The molecule has 0 aromatic rings. The number of hydrogen-bond acceptors (Lipinski definition) is 2. The summed E-state index contributed by atoms with van der Waals surface area (Å²) < 4.78 is 0. The van der Waals surface area contributed by atoms with Crippen LogP contribution in [0, 0.1) is 11.8 Å². The Balaban J connectivity index is 1.77. The lowest BCUT2D eigenvalue weighted by molar-refractivity contribution is 0.125. The predicted octanol–water partition coefficient (Wildman–Crippen LogP) is 1.72. The number of nitrogens with zero attached hydrogens (tertiary/aromatic N) is 1. The van der Waals surface area contributed by atoms with E-state index < -0.39 is 0 Å². The summed E-state index contributed by atoms with van der Waals surface area (Å²) in [6.07, 6.45) is 4.29. The Morgan fingerprint density at radius 2 is 1.79 bits per heavy atom. The highest BCUT2D eigenvalue weighted by Gasteiger charge is 2.28. The van der Waals surface area contributed by atoms with Crippen LogP contribution in [0.2, 0.25) is 0 Å². The van der Waals surface area contributed by atoms with E-state index >= 15 is 0 Å². The van der Waals surface area contributed by atoms with E-state index in [1.54, 1.807) is 0 Å². The van der Waals surface area contributed by atoms with Gasteiger partial charge in [0.05, 0.1) is 0 Å². The fourth-order valence-corrected chi connectivity index (χ4v) is 2.99. The summed E-state index contributed by atoms with van der Waals surface area (Å²) in [5, 5.41) is 3.49. The summed E-state index contributed by atoms with van der Waals surface area (Å²) in [5.41, 5.74) is 0. The molecule has 1 unspecified atom stereocenters. The topological polar surface area (TPSA) is 15.3 Å². The van der Waals surface area contributed by atoms with Crippen molar-refractivity contribution in [3.63, 3.8) is 0 Å². The van der Waals surface area contributed by atoms with Gasteiger partial charge in [0.2, 0.25) is 0 Å². The monoisotopic (exact) mass is 196 g/mol. The van der Waals surface area contributed by atoms with E-state index in [0.29, 0.717) is 0 Å². The van der Waals surface area contributed by atoms with Crippen LogP contribution in [0.1, 0.15) is 33.1 Å². The van der Waals surface area contributed by atoms with Gasteiger partial charge in [-0.2, -0.15) is 0 Å². The van der Waals surface area contributed by atoms with Crippen LogP contribution in [0.25, 0.3) is 0 Å². The van der Waals surface area contributed by atoms with Crippen LogP contribution in [0.4, 0.5) is 0 Å². The highest BCUT2D eigenvalue weighted by atomic mass is 15.1. The molecule has 0 saturated carbocycles. The molecule has 2 rings (SSSR count). The fraction of sp³-hybridized carbons (Fsp3) is 1.00. The summed E-state index contributed by atoms with van der Waals surface area (Å²) in [6.45, 7) is 9.84. The molecule has 2 aliphatic heterocycles. The first-order valence-corrected chi connectivity index (χ1v) is 6.22. The van der Waals surface area contributed by atoms with Gasteiger partial charge in [-0.1, -0.05) is 0 Å². The van der Waals surface area contributed by atoms with E-state index in [2.05, 4.69) is 24.1 Å². The van der Waals surface area contributed by atoms with Crippen molar-refractivity contribution in [2.75, 3.05) is 26.2 Å². The molecule has 0 aromatic heterocycles. The average molecular weight is 196 g/mol. The van der Waals surface area contributed by atoms with Gasteiger partial charge in [-0.25, -0.2) is 0 Å². The molecule has 82 valence electrons. The van der Waals surface area contributed by atoms with Gasteiger partial charge in [0.25, 0.3) is 0 Å². The molecule has 1 atom stereocenters. The maximum atomic E-state index is 3.49. The lowest BCUT2D eigenvalue weighted by Crippen LogP contribution is -2.40. The molecular weight excluding hydrogens is 172 g/mol. The Labute approximate surface area is 88.1 Å². The second-order valence-corrected chi connectivity index (χ2v) is 5.22. The molecule has 2 saturated heterocycles. The molecule has 2 aliphatic rings. The lowest BCUT2D eigenvalue weighted by atomic mass is 9.83. The van der Waals surface area contributed by atoms with Gasteiger partial charge in [0, 0.05) is 6.04 Å². The van der Waals surface area contributed by atoms with Gasteiger partial charge >= 0.3 is 0 Å². The molecule has 0 aromatic carbocycles. The van der Waals surface area contributed by atoms with Crippen LogP contribution in [0.3, 0.4) is 0 Å². The van der Waals surface area contributed by atoms with Crippen molar-refractivity contribution in [2.24, 2.45) is 11.8 Å². The van der Waals surface area contributed by atoms with E-state index in [9.17, 15) is 0 Å². The number of likely N-dealkylation sites (tertiary alicyclic amines) is 1. The smallest absolute Gasteiger partial charge is 0.00385 e. The maximum Gasteiger partial charge on any atom is 0.00385 e. The zero-order chi connectivity index (χ0) is 9.97. The third-order valence-corrected chi connectivity index (χ3v) is 4.07. The van der Waals surface area contributed by atoms with Gasteiger partial charge in [-0.15, -0.1) is 0 Å². The minimum atomic E-state index is 0.748. The van der Waals surface area contributed by atoms with Gasteiger partial charge in [0.15, 0.2) is 0 Å². The molecule has 0 amide bonds. The highest BCUT2D eigenvalue weighted by Crippen LogP contribution is 2.29. The van der Waals surface area contributed by atoms with Gasteiger partial charge in [-0.05, 0) is 71.1 Å². The Morgan fingerprint density at radius 1 is 1.07 bits per heavy atom. The van der Waals surface area contributed by atoms with E-state index in [-0.39, 0.29) is 0 Å². The number of rotatable bonds is 2. The Hall–Kier alpha value is -0.0800. The van der Waals surface area contributed by atoms with Crippen molar-refractivity contribution in [1.29, 1.82) is 0 Å². The van der Waals surface area contributed by atoms with Crippen LogP contribution < -0.4 is 5.32 Å². The number of nitrogens with one attached hydrogen (secondary N) is 1. The Bertz CT molecular complexity index is 165. The number of piperidine rings is 1. The number of hydrogen-bond donors (Lipinski definition) is 1. The summed E-state index contributed by atoms with van der Waals surface area (Å²) in [4.78, 5) is 2.62. The second-order valence-electron chi connectivity index (χ2n) is 5.22. The van der Waals surface area contributed by atoms with Crippen LogP contribution in [0.5, 0.6) is 0 Å². The first-order valence-electron chi connectivity index (χ1n) is 6.22. The zero-order valence-electron chi connectivity index (χ0n) is 9.63. The van der Waals surface area contributed by atoms with Crippen molar-refractivity contribution in [3.05, 3.63) is 0 Å². The molecule has 2 nitrogen and oxygen atoms in total. The normalized spacial score (nSPS) is 31.5. The quantitative estimate of drug-likeness (QED) is 0.723. The van der Waals surface area contributed by atoms with Gasteiger partial charge in [-0.3, -0.25) is 0 Å². The Kier molecular flexibility index (Phi) is 3.45. The minimum absolute atomic E-state index is 0.748. The van der Waals surface area contributed by atoms with Gasteiger partial charge < -0.3 is 10.2 Å². The van der Waals surface area contributed by atoms with Crippen LogP contribution in [0.15, 0.2) is 0 Å². The minimum Gasteiger partial charge on any atom is -0.316 e. The summed E-state index contributed by atoms with van der Waals surface area (Å²) in [7, 11) is 0. The van der Waals surface area contributed by atoms with E-state index in [4.69, 9.17) is 0 Å². The summed E-state index contributed by atoms with van der Waals surface area (Å²) in [5.74, 6) is 2.00. The highest BCUT2D eigenvalue weighted by molar-refractivity contribution is 4.83. The van der Waals surface area contributed by atoms with Crippen LogP contribution >= 0.6 is 0 Å². The molecule has 0 radical (unpaired) electrons. The van der Waals surface area contributed by atoms with Gasteiger partial charge in [0.1, 0.15) is 0 Å². The Morgan fingerprint density at radius 3 is 2.29 bits per heavy atom. The molecule has 0 aliphatic carbocycles. The maximum absolute atomic E-state index is 3.49. The summed E-state index contributed by atoms with van der Waals surface area (Å²) in [6, 6.07) is 0.748. The van der Waals surface area contributed by atoms with Crippen molar-refractivity contribution < 1.29 is 0 Å². The molecule has 14 heavy (non-hydrogen) atoms. The van der Waals surface area contributed by atoms with Crippen molar-refractivity contribution in [2.45, 2.75) is 39.2 Å². The van der Waals surface area contributed by atoms with E-state index in [0.717, 1.165) is 17.9 Å². The van der Waals surface area contributed by atoms with E-state index in [1.165, 1.54) is 45.4 Å². The molecule has 0 bridgehead atoms. The largest absolute Gasteiger partial charge is 0.316 e. The summed E-state index contributed by atoms with van der Waals surface area (Å²) >= 11 is 0. The van der Waals surface area contributed by atoms with Crippen LogP contribution in [-0.4, -0.2) is 37.1 Å². The zero-order valence-corrected chi connectivity index (χ0v) is 9.63. The third kappa shape index (κ3) is 2.29. The SMILES string of the molecule is CC(C)N1CCC(C2CCNC2)CC1. The van der Waals surface area contributed by atoms with Crippen molar-refractivity contribution in [1.82, 2.24) is 10.2 Å². The molecule has 1 N–H and O–H groups in total. The average Bonchev–Trinajstić information content (AvgIpc) is 2.71. The van der Waals surface area contributed by atoms with Crippen molar-refractivity contribution in [3.8, 4) is 0 Å². The third-order valence-electron chi connectivity index (χ3n) is 4.07. The lowest BCUT2D eigenvalue weighted by Gasteiger charge is -2.36. The second kappa shape index (κ2) is 4.63. The standard InChI is InChI=1S/C12H24N2/c1-10(2)14-7-4-11(5-8-14)12-3-6-13-9-12/h10-13H,3-9H2,1-2H3. The molecule has 2 fully saturated rings. The van der Waals surface area contributed by atoms with Crippen LogP contribution in [-0.2, 0) is 0 Å². The molecule has 2 heteroatoms. The molecule has 0 spiro atoms. The molecule has 2 heterocycles. The van der Waals surface area contributed by atoms with Crippen molar-refractivity contribution >= 4 is 0 Å². The fourth-order valence-electron chi connectivity index (χ4n) is 2.99. The predicted molar refractivity (Wildman–Crippen MR) is 60.4 cm³/mol. The first kappa shape index (κ1) is 10.4. The van der Waals surface area contributed by atoms with E-state index in [1.807, 2.05) is 0 Å². The molecular formula is C12H24N2. The first-order chi connectivity index (χ1) is 6.77.